The Morgan fingerprint density at radius 1 is 1.28 bits per heavy atom. The van der Waals surface area contributed by atoms with Crippen LogP contribution >= 0.6 is 0 Å². The lowest BCUT2D eigenvalue weighted by atomic mass is 9.66. The van der Waals surface area contributed by atoms with E-state index in [-0.39, 0.29) is 5.54 Å². The van der Waals surface area contributed by atoms with E-state index < -0.39 is 0 Å². The SMILES string of the molecule is Cc1ccncc1C1(N)CCC(C(C)(C)C)CC1. The van der Waals surface area contributed by atoms with Gasteiger partial charge in [-0.05, 0) is 61.1 Å². The predicted molar refractivity (Wildman–Crippen MR) is 76.3 cm³/mol. The minimum Gasteiger partial charge on any atom is -0.321 e. The largest absolute Gasteiger partial charge is 0.321 e. The summed E-state index contributed by atoms with van der Waals surface area (Å²) in [5.41, 5.74) is 9.43. The number of aromatic nitrogens is 1. The average Bonchev–Trinajstić information content (AvgIpc) is 2.28. The van der Waals surface area contributed by atoms with Crippen molar-refractivity contribution >= 4 is 0 Å². The number of nitrogens with two attached hydrogens (primary N) is 1. The molecule has 1 aromatic rings. The Kier molecular flexibility index (Phi) is 3.50. The summed E-state index contributed by atoms with van der Waals surface area (Å²) in [6, 6.07) is 2.07. The molecule has 1 fully saturated rings. The predicted octanol–water partition coefficient (Wildman–Crippen LogP) is 3.78. The van der Waals surface area contributed by atoms with Crippen molar-refractivity contribution in [2.45, 2.75) is 58.9 Å². The average molecular weight is 246 g/mol. The number of hydrogen-bond donors (Lipinski definition) is 1. The molecule has 1 aliphatic rings. The van der Waals surface area contributed by atoms with Crippen molar-refractivity contribution in [1.29, 1.82) is 0 Å². The van der Waals surface area contributed by atoms with Crippen LogP contribution in [-0.4, -0.2) is 4.98 Å². The summed E-state index contributed by atoms with van der Waals surface area (Å²) in [6.07, 6.45) is 8.45. The van der Waals surface area contributed by atoms with Crippen molar-refractivity contribution in [3.63, 3.8) is 0 Å². The normalized spacial score (nSPS) is 29.3. The van der Waals surface area contributed by atoms with E-state index in [0.29, 0.717) is 5.41 Å². The van der Waals surface area contributed by atoms with Crippen LogP contribution in [-0.2, 0) is 5.54 Å². The second-order valence-electron chi connectivity index (χ2n) is 6.99. The molecule has 0 aromatic carbocycles. The van der Waals surface area contributed by atoms with Gasteiger partial charge in [0.1, 0.15) is 0 Å². The molecule has 2 heteroatoms. The molecule has 1 aliphatic carbocycles. The van der Waals surface area contributed by atoms with Gasteiger partial charge in [0.15, 0.2) is 0 Å². The van der Waals surface area contributed by atoms with Gasteiger partial charge in [-0.3, -0.25) is 4.98 Å². The fraction of sp³-hybridized carbons (Fsp3) is 0.688. The second kappa shape index (κ2) is 4.65. The van der Waals surface area contributed by atoms with E-state index in [4.69, 9.17) is 5.73 Å². The van der Waals surface area contributed by atoms with Crippen molar-refractivity contribution in [2.75, 3.05) is 0 Å². The van der Waals surface area contributed by atoms with Gasteiger partial charge in [-0.1, -0.05) is 20.8 Å². The lowest BCUT2D eigenvalue weighted by Gasteiger charge is -2.42. The van der Waals surface area contributed by atoms with Crippen LogP contribution in [0.5, 0.6) is 0 Å². The van der Waals surface area contributed by atoms with Gasteiger partial charge in [-0.25, -0.2) is 0 Å². The minimum atomic E-state index is -0.153. The van der Waals surface area contributed by atoms with Crippen molar-refractivity contribution < 1.29 is 0 Å². The van der Waals surface area contributed by atoms with Crippen LogP contribution in [0.1, 0.15) is 57.6 Å². The highest BCUT2D eigenvalue weighted by atomic mass is 14.8. The van der Waals surface area contributed by atoms with Crippen molar-refractivity contribution in [3.8, 4) is 0 Å². The maximum atomic E-state index is 6.65. The van der Waals surface area contributed by atoms with E-state index in [1.54, 1.807) is 0 Å². The summed E-state index contributed by atoms with van der Waals surface area (Å²) in [7, 11) is 0. The first-order valence-corrected chi connectivity index (χ1v) is 7.03. The molecule has 0 aliphatic heterocycles. The molecule has 1 heterocycles. The smallest absolute Gasteiger partial charge is 0.0427 e. The lowest BCUT2D eigenvalue weighted by molar-refractivity contribution is 0.133. The van der Waals surface area contributed by atoms with Gasteiger partial charge < -0.3 is 5.73 Å². The van der Waals surface area contributed by atoms with Crippen LogP contribution in [0.2, 0.25) is 0 Å². The quantitative estimate of drug-likeness (QED) is 0.819. The summed E-state index contributed by atoms with van der Waals surface area (Å²) in [5, 5.41) is 0. The molecule has 100 valence electrons. The number of pyridine rings is 1. The van der Waals surface area contributed by atoms with Crippen LogP contribution in [0.15, 0.2) is 18.5 Å². The molecule has 2 nitrogen and oxygen atoms in total. The van der Waals surface area contributed by atoms with Gasteiger partial charge in [0, 0.05) is 17.9 Å². The first-order chi connectivity index (χ1) is 8.33. The zero-order valence-electron chi connectivity index (χ0n) is 12.2. The lowest BCUT2D eigenvalue weighted by Crippen LogP contribution is -2.43. The van der Waals surface area contributed by atoms with E-state index in [1.165, 1.54) is 24.0 Å². The van der Waals surface area contributed by atoms with Crippen LogP contribution in [0.25, 0.3) is 0 Å². The molecule has 0 radical (unpaired) electrons. The van der Waals surface area contributed by atoms with Gasteiger partial charge in [0.2, 0.25) is 0 Å². The Bertz CT molecular complexity index is 409. The van der Waals surface area contributed by atoms with Crippen LogP contribution in [0.4, 0.5) is 0 Å². The Balaban J connectivity index is 2.15. The molecular formula is C16H26N2. The third kappa shape index (κ3) is 2.59. The number of aryl methyl sites for hydroxylation is 1. The molecule has 0 amide bonds. The van der Waals surface area contributed by atoms with E-state index in [2.05, 4.69) is 38.7 Å². The Morgan fingerprint density at radius 3 is 2.39 bits per heavy atom. The molecular weight excluding hydrogens is 220 g/mol. The van der Waals surface area contributed by atoms with Crippen LogP contribution in [0, 0.1) is 18.3 Å². The van der Waals surface area contributed by atoms with Crippen molar-refractivity contribution in [2.24, 2.45) is 17.1 Å². The monoisotopic (exact) mass is 246 g/mol. The molecule has 1 aromatic heterocycles. The molecule has 0 saturated heterocycles. The maximum absolute atomic E-state index is 6.65. The summed E-state index contributed by atoms with van der Waals surface area (Å²) in [4.78, 5) is 4.25. The molecule has 18 heavy (non-hydrogen) atoms. The first kappa shape index (κ1) is 13.5. The van der Waals surface area contributed by atoms with Crippen molar-refractivity contribution in [3.05, 3.63) is 29.6 Å². The van der Waals surface area contributed by atoms with E-state index >= 15 is 0 Å². The molecule has 2 rings (SSSR count). The third-order valence-electron chi connectivity index (χ3n) is 4.68. The third-order valence-corrected chi connectivity index (χ3v) is 4.68. The van der Waals surface area contributed by atoms with Gasteiger partial charge >= 0.3 is 0 Å². The molecule has 2 N–H and O–H groups in total. The number of rotatable bonds is 1. The molecule has 0 spiro atoms. The second-order valence-corrected chi connectivity index (χ2v) is 6.99. The van der Waals surface area contributed by atoms with Gasteiger partial charge in [-0.2, -0.15) is 0 Å². The summed E-state index contributed by atoms with van der Waals surface area (Å²) in [6.45, 7) is 9.17. The zero-order chi connectivity index (χ0) is 13.4. The standard InChI is InChI=1S/C16H26N2/c1-12-7-10-18-11-14(12)16(17)8-5-13(6-9-16)15(2,3)4/h7,10-11,13H,5-6,8-9,17H2,1-4H3. The topological polar surface area (TPSA) is 38.9 Å². The van der Waals surface area contributed by atoms with Gasteiger partial charge in [-0.15, -0.1) is 0 Å². The number of hydrogen-bond acceptors (Lipinski definition) is 2. The highest BCUT2D eigenvalue weighted by Gasteiger charge is 2.37. The Labute approximate surface area is 111 Å². The summed E-state index contributed by atoms with van der Waals surface area (Å²) < 4.78 is 0. The zero-order valence-corrected chi connectivity index (χ0v) is 12.2. The Hall–Kier alpha value is -0.890. The van der Waals surface area contributed by atoms with Gasteiger partial charge in [0.05, 0.1) is 0 Å². The fourth-order valence-electron chi connectivity index (χ4n) is 3.25. The number of nitrogens with zero attached hydrogens (tertiary/aromatic N) is 1. The highest BCUT2D eigenvalue weighted by molar-refractivity contribution is 5.29. The van der Waals surface area contributed by atoms with E-state index in [0.717, 1.165) is 18.8 Å². The Morgan fingerprint density at radius 2 is 1.89 bits per heavy atom. The van der Waals surface area contributed by atoms with E-state index in [1.807, 2.05) is 12.4 Å². The van der Waals surface area contributed by atoms with E-state index in [9.17, 15) is 0 Å². The van der Waals surface area contributed by atoms with Crippen molar-refractivity contribution in [1.82, 2.24) is 4.98 Å². The highest BCUT2D eigenvalue weighted by Crippen LogP contribution is 2.44. The van der Waals surface area contributed by atoms with Crippen LogP contribution in [0.3, 0.4) is 0 Å². The molecule has 0 bridgehead atoms. The van der Waals surface area contributed by atoms with Crippen LogP contribution < -0.4 is 5.73 Å². The molecule has 0 unspecified atom stereocenters. The first-order valence-electron chi connectivity index (χ1n) is 7.03. The fourth-order valence-corrected chi connectivity index (χ4v) is 3.25. The van der Waals surface area contributed by atoms with Gasteiger partial charge in [0.25, 0.3) is 0 Å². The molecule has 1 saturated carbocycles. The minimum absolute atomic E-state index is 0.153. The summed E-state index contributed by atoms with van der Waals surface area (Å²) >= 11 is 0. The molecule has 0 atom stereocenters. The maximum Gasteiger partial charge on any atom is 0.0427 e. The summed E-state index contributed by atoms with van der Waals surface area (Å²) in [5.74, 6) is 0.797.